The van der Waals surface area contributed by atoms with Crippen molar-refractivity contribution in [3.63, 3.8) is 0 Å². The fourth-order valence-electron chi connectivity index (χ4n) is 2.37. The van der Waals surface area contributed by atoms with Crippen molar-refractivity contribution >= 4 is 10.0 Å². The summed E-state index contributed by atoms with van der Waals surface area (Å²) in [6.07, 6.45) is 0.918. The summed E-state index contributed by atoms with van der Waals surface area (Å²) in [7, 11) is 0.665. The van der Waals surface area contributed by atoms with E-state index in [1.54, 1.807) is 13.8 Å². The number of hydrogen-bond donors (Lipinski definition) is 1. The van der Waals surface area contributed by atoms with Crippen LogP contribution >= 0.6 is 0 Å². The number of fused-ring (bicyclic) bond motifs is 1. The van der Waals surface area contributed by atoms with Crippen molar-refractivity contribution in [2.45, 2.75) is 31.6 Å². The van der Waals surface area contributed by atoms with Gasteiger partial charge >= 0.3 is 0 Å². The molecular formula is C15H24N2O3S. The average molecular weight is 312 g/mol. The van der Waals surface area contributed by atoms with E-state index in [1.165, 1.54) is 5.56 Å². The zero-order valence-corrected chi connectivity index (χ0v) is 13.9. The molecule has 0 saturated heterocycles. The highest BCUT2D eigenvalue weighted by Gasteiger charge is 2.22. The minimum Gasteiger partial charge on any atom is -0.493 e. The van der Waals surface area contributed by atoms with E-state index in [0.29, 0.717) is 6.54 Å². The van der Waals surface area contributed by atoms with Crippen molar-refractivity contribution in [2.75, 3.05) is 27.2 Å². The maximum Gasteiger partial charge on any atom is 0.213 e. The molecule has 6 heteroatoms. The van der Waals surface area contributed by atoms with E-state index in [4.69, 9.17) is 4.74 Å². The zero-order chi connectivity index (χ0) is 15.6. The van der Waals surface area contributed by atoms with Gasteiger partial charge in [-0.1, -0.05) is 12.1 Å². The van der Waals surface area contributed by atoms with E-state index >= 15 is 0 Å². The largest absolute Gasteiger partial charge is 0.493 e. The molecule has 2 rings (SSSR count). The third-order valence-corrected chi connectivity index (χ3v) is 5.63. The van der Waals surface area contributed by atoms with Gasteiger partial charge in [0.05, 0.1) is 11.9 Å². The van der Waals surface area contributed by atoms with Gasteiger partial charge in [0.1, 0.15) is 5.75 Å². The Labute approximate surface area is 127 Å². The van der Waals surface area contributed by atoms with Gasteiger partial charge in [-0.2, -0.15) is 0 Å². The Balaban J connectivity index is 2.16. The summed E-state index contributed by atoms with van der Waals surface area (Å²) >= 11 is 0. The highest BCUT2D eigenvalue weighted by molar-refractivity contribution is 7.90. The Morgan fingerprint density at radius 3 is 2.67 bits per heavy atom. The van der Waals surface area contributed by atoms with Crippen LogP contribution in [0.4, 0.5) is 0 Å². The van der Waals surface area contributed by atoms with Crippen LogP contribution in [-0.4, -0.2) is 45.8 Å². The predicted molar refractivity (Wildman–Crippen MR) is 84.1 cm³/mol. The first kappa shape index (κ1) is 16.3. The maximum atomic E-state index is 11.9. The number of likely N-dealkylation sites (N-methyl/N-ethyl adjacent to an activating group) is 1. The van der Waals surface area contributed by atoms with Gasteiger partial charge in [-0.15, -0.1) is 0 Å². The van der Waals surface area contributed by atoms with Crippen LogP contribution < -0.4 is 9.46 Å². The Morgan fingerprint density at radius 1 is 1.33 bits per heavy atom. The van der Waals surface area contributed by atoms with Crippen molar-refractivity contribution in [3.8, 4) is 5.75 Å². The molecule has 21 heavy (non-hydrogen) atoms. The van der Waals surface area contributed by atoms with Crippen LogP contribution in [0.25, 0.3) is 0 Å². The Hall–Kier alpha value is -1.11. The molecule has 5 nitrogen and oxygen atoms in total. The molecule has 1 heterocycles. The highest BCUT2D eigenvalue weighted by atomic mass is 32.2. The number of benzene rings is 1. The van der Waals surface area contributed by atoms with Crippen LogP contribution in [0.1, 0.15) is 31.0 Å². The summed E-state index contributed by atoms with van der Waals surface area (Å²) in [5.74, 6) is 0.944. The summed E-state index contributed by atoms with van der Waals surface area (Å²) in [5, 5.41) is -0.422. The van der Waals surface area contributed by atoms with Crippen LogP contribution in [0.3, 0.4) is 0 Å². The van der Waals surface area contributed by atoms with Crippen molar-refractivity contribution in [2.24, 2.45) is 0 Å². The van der Waals surface area contributed by atoms with Crippen molar-refractivity contribution in [1.82, 2.24) is 9.62 Å². The van der Waals surface area contributed by atoms with Gasteiger partial charge in [0.15, 0.2) is 0 Å². The maximum absolute atomic E-state index is 11.9. The molecule has 0 aromatic heterocycles. The molecule has 1 aliphatic heterocycles. The number of hydrogen-bond acceptors (Lipinski definition) is 4. The topological polar surface area (TPSA) is 58.6 Å². The Kier molecular flexibility index (Phi) is 4.91. The summed E-state index contributed by atoms with van der Waals surface area (Å²) < 4.78 is 32.1. The van der Waals surface area contributed by atoms with E-state index in [-0.39, 0.29) is 6.04 Å². The number of ether oxygens (including phenoxy) is 1. The van der Waals surface area contributed by atoms with E-state index in [0.717, 1.165) is 24.3 Å². The summed E-state index contributed by atoms with van der Waals surface area (Å²) in [6, 6.07) is 6.12. The highest BCUT2D eigenvalue weighted by Crippen LogP contribution is 2.29. The smallest absolute Gasteiger partial charge is 0.213 e. The molecule has 0 amide bonds. The van der Waals surface area contributed by atoms with Crippen LogP contribution in [0.15, 0.2) is 18.2 Å². The van der Waals surface area contributed by atoms with Gasteiger partial charge < -0.3 is 9.64 Å². The van der Waals surface area contributed by atoms with E-state index in [2.05, 4.69) is 10.8 Å². The molecule has 1 atom stereocenters. The van der Waals surface area contributed by atoms with Gasteiger partial charge in [-0.05, 0) is 45.1 Å². The second-order valence-electron chi connectivity index (χ2n) is 5.89. The molecule has 1 aromatic carbocycles. The van der Waals surface area contributed by atoms with Gasteiger partial charge in [0.25, 0.3) is 0 Å². The normalized spacial score (nSPS) is 16.1. The van der Waals surface area contributed by atoms with Crippen LogP contribution in [0, 0.1) is 0 Å². The fraction of sp³-hybridized carbons (Fsp3) is 0.600. The van der Waals surface area contributed by atoms with Crippen LogP contribution in [-0.2, 0) is 16.4 Å². The lowest BCUT2D eigenvalue weighted by atomic mass is 10.0. The minimum absolute atomic E-state index is 0.00410. The van der Waals surface area contributed by atoms with Gasteiger partial charge in [0.2, 0.25) is 10.0 Å². The van der Waals surface area contributed by atoms with E-state index < -0.39 is 15.3 Å². The van der Waals surface area contributed by atoms with E-state index in [9.17, 15) is 8.42 Å². The molecular weight excluding hydrogens is 288 g/mol. The number of rotatable bonds is 6. The van der Waals surface area contributed by atoms with Gasteiger partial charge in [0, 0.05) is 19.0 Å². The number of nitrogens with zero attached hydrogens (tertiary/aromatic N) is 1. The van der Waals surface area contributed by atoms with E-state index in [1.807, 2.05) is 31.1 Å². The zero-order valence-electron chi connectivity index (χ0n) is 13.1. The lowest BCUT2D eigenvalue weighted by Crippen LogP contribution is -2.37. The van der Waals surface area contributed by atoms with Crippen molar-refractivity contribution in [1.29, 1.82) is 0 Å². The van der Waals surface area contributed by atoms with Crippen molar-refractivity contribution < 1.29 is 13.2 Å². The molecule has 118 valence electrons. The molecule has 1 aliphatic rings. The summed E-state index contributed by atoms with van der Waals surface area (Å²) in [6.45, 7) is 4.46. The average Bonchev–Trinajstić information content (AvgIpc) is 2.85. The van der Waals surface area contributed by atoms with Gasteiger partial charge in [-0.3, -0.25) is 0 Å². The fourth-order valence-corrected chi connectivity index (χ4v) is 3.10. The lowest BCUT2D eigenvalue weighted by Gasteiger charge is -2.26. The molecule has 0 bridgehead atoms. The second-order valence-corrected chi connectivity index (χ2v) is 8.21. The molecule has 0 radical (unpaired) electrons. The molecule has 0 saturated carbocycles. The first-order valence-corrected chi connectivity index (χ1v) is 8.76. The summed E-state index contributed by atoms with van der Waals surface area (Å²) in [4.78, 5) is 2.03. The first-order valence-electron chi connectivity index (χ1n) is 7.22. The Morgan fingerprint density at radius 2 is 2.05 bits per heavy atom. The standard InChI is InChI=1S/C15H24N2O3S/c1-11(2)21(18,19)16-10-14(17(3)4)12-5-6-15-13(9-12)7-8-20-15/h5-6,9,11,14,16H,7-8,10H2,1-4H3. The third-order valence-electron chi connectivity index (χ3n) is 3.82. The van der Waals surface area contributed by atoms with Crippen LogP contribution in [0.5, 0.6) is 5.75 Å². The summed E-state index contributed by atoms with van der Waals surface area (Å²) in [5.41, 5.74) is 2.31. The molecule has 1 unspecified atom stereocenters. The first-order chi connectivity index (χ1) is 9.81. The number of nitrogens with one attached hydrogen (secondary N) is 1. The molecule has 1 N–H and O–H groups in total. The molecule has 0 aliphatic carbocycles. The van der Waals surface area contributed by atoms with Crippen LogP contribution in [0.2, 0.25) is 0 Å². The molecule has 0 spiro atoms. The molecule has 0 fully saturated rings. The van der Waals surface area contributed by atoms with Crippen molar-refractivity contribution in [3.05, 3.63) is 29.3 Å². The quantitative estimate of drug-likeness (QED) is 0.866. The lowest BCUT2D eigenvalue weighted by molar-refractivity contribution is 0.299. The predicted octanol–water partition coefficient (Wildman–Crippen LogP) is 1.55. The second kappa shape index (κ2) is 6.34. The Bertz CT molecular complexity index is 597. The third kappa shape index (κ3) is 3.75. The SMILES string of the molecule is CC(C)S(=O)(=O)NCC(c1ccc2c(c1)CCO2)N(C)C. The monoisotopic (exact) mass is 312 g/mol. The van der Waals surface area contributed by atoms with Gasteiger partial charge in [-0.25, -0.2) is 13.1 Å². The number of sulfonamides is 1. The minimum atomic E-state index is -3.25. The molecule has 1 aromatic rings.